The summed E-state index contributed by atoms with van der Waals surface area (Å²) in [5.41, 5.74) is 8.81. The van der Waals surface area contributed by atoms with Crippen LogP contribution in [0.1, 0.15) is 36.1 Å². The molecule has 0 saturated carbocycles. The molecule has 0 spiro atoms. The predicted octanol–water partition coefficient (Wildman–Crippen LogP) is 9.50. The highest BCUT2D eigenvalue weighted by Gasteiger charge is 2.46. The van der Waals surface area contributed by atoms with E-state index in [1.165, 1.54) is 33.4 Å². The molecule has 4 aromatic carbocycles. The Kier molecular flexibility index (Phi) is 5.15. The molecule has 2 heterocycles. The molecule has 0 amide bonds. The van der Waals surface area contributed by atoms with Gasteiger partial charge in [0.1, 0.15) is 11.5 Å². The Labute approximate surface area is 235 Å². The van der Waals surface area contributed by atoms with Gasteiger partial charge in [-0.3, -0.25) is 0 Å². The third kappa shape index (κ3) is 3.44. The van der Waals surface area contributed by atoms with Gasteiger partial charge < -0.3 is 14.2 Å². The van der Waals surface area contributed by atoms with Gasteiger partial charge in [-0.1, -0.05) is 66.8 Å². The van der Waals surface area contributed by atoms with Gasteiger partial charge in [0.05, 0.1) is 11.1 Å². The number of aryl methyl sites for hydroxylation is 1. The van der Waals surface area contributed by atoms with Crippen LogP contribution in [0.5, 0.6) is 11.5 Å². The van der Waals surface area contributed by atoms with E-state index in [0.29, 0.717) is 5.92 Å². The van der Waals surface area contributed by atoms with E-state index in [-0.39, 0.29) is 5.54 Å². The molecule has 40 heavy (non-hydrogen) atoms. The van der Waals surface area contributed by atoms with E-state index < -0.39 is 0 Å². The van der Waals surface area contributed by atoms with Gasteiger partial charge >= 0.3 is 0 Å². The lowest BCUT2D eigenvalue weighted by molar-refractivity contribution is 0.482. The van der Waals surface area contributed by atoms with Gasteiger partial charge in [-0.15, -0.1) is 0 Å². The van der Waals surface area contributed by atoms with Crippen molar-refractivity contribution in [1.82, 2.24) is 4.57 Å². The zero-order chi connectivity index (χ0) is 26.7. The number of anilines is 2. The van der Waals surface area contributed by atoms with E-state index in [0.717, 1.165) is 35.7 Å². The Hall–Kier alpha value is -4.76. The van der Waals surface area contributed by atoms with Crippen LogP contribution in [0, 0.1) is 0 Å². The van der Waals surface area contributed by atoms with Crippen molar-refractivity contribution in [1.29, 1.82) is 0 Å². The van der Waals surface area contributed by atoms with Gasteiger partial charge in [0, 0.05) is 34.1 Å². The summed E-state index contributed by atoms with van der Waals surface area (Å²) in [6.45, 7) is 2.32. The summed E-state index contributed by atoms with van der Waals surface area (Å²) in [4.78, 5) is 2.46. The van der Waals surface area contributed by atoms with Crippen molar-refractivity contribution in [2.75, 3.05) is 4.90 Å². The van der Waals surface area contributed by atoms with Gasteiger partial charge in [-0.2, -0.15) is 0 Å². The van der Waals surface area contributed by atoms with Crippen molar-refractivity contribution in [2.45, 2.75) is 31.2 Å². The first-order chi connectivity index (χ1) is 19.7. The summed E-state index contributed by atoms with van der Waals surface area (Å²) in [5.74, 6) is 1.99. The van der Waals surface area contributed by atoms with Crippen LogP contribution < -0.4 is 9.64 Å². The number of nitrogens with zero attached hydrogens (tertiary/aromatic N) is 2. The van der Waals surface area contributed by atoms with Crippen molar-refractivity contribution < 1.29 is 4.74 Å². The Balaban J connectivity index is 1.08. The maximum absolute atomic E-state index is 6.30. The SMILES string of the molecule is CC12C=CC=CC1c1ccccc1N2c1ccc(Oc2ccc(-n3c4c(c5ccccc53)CCC=C4)cc2)cc1. The molecule has 8 rings (SSSR count). The number of allylic oxidation sites excluding steroid dienone is 3. The molecule has 3 heteroatoms. The van der Waals surface area contributed by atoms with E-state index >= 15 is 0 Å². The molecule has 0 saturated heterocycles. The molecule has 3 aliphatic rings. The standard InChI is InChI=1S/C37H30N2O/c1-37-25-9-8-13-33(37)32-12-4-7-16-36(32)39(37)27-19-23-29(24-20-27)40-28-21-17-26(18-22-28)38-34-14-5-2-10-30(34)31-11-3-6-15-35(31)38/h2,4-10,12-25,33H,3,11H2,1H3. The number of para-hydroxylation sites is 2. The summed E-state index contributed by atoms with van der Waals surface area (Å²) < 4.78 is 8.67. The minimum atomic E-state index is -0.131. The van der Waals surface area contributed by atoms with Crippen molar-refractivity contribution in [3.05, 3.63) is 144 Å². The van der Waals surface area contributed by atoms with Gasteiger partial charge in [0.25, 0.3) is 0 Å². The lowest BCUT2D eigenvalue weighted by Crippen LogP contribution is -2.41. The smallest absolute Gasteiger partial charge is 0.127 e. The molecule has 5 aromatic rings. The monoisotopic (exact) mass is 518 g/mol. The zero-order valence-electron chi connectivity index (χ0n) is 22.5. The number of hydrogen-bond acceptors (Lipinski definition) is 2. The van der Waals surface area contributed by atoms with Gasteiger partial charge in [0.15, 0.2) is 0 Å². The van der Waals surface area contributed by atoms with Crippen LogP contribution in [-0.2, 0) is 6.42 Å². The zero-order valence-corrected chi connectivity index (χ0v) is 22.5. The average Bonchev–Trinajstić information content (AvgIpc) is 3.47. The first-order valence-electron chi connectivity index (χ1n) is 14.1. The van der Waals surface area contributed by atoms with E-state index in [2.05, 4.69) is 150 Å². The molecule has 194 valence electrons. The van der Waals surface area contributed by atoms with Crippen LogP contribution in [0.3, 0.4) is 0 Å². The third-order valence-corrected chi connectivity index (χ3v) is 8.75. The quantitative estimate of drug-likeness (QED) is 0.236. The molecular weight excluding hydrogens is 488 g/mol. The highest BCUT2D eigenvalue weighted by Crippen LogP contribution is 2.53. The summed E-state index contributed by atoms with van der Waals surface area (Å²) in [6.07, 6.45) is 15.7. The summed E-state index contributed by atoms with van der Waals surface area (Å²) in [7, 11) is 0. The summed E-state index contributed by atoms with van der Waals surface area (Å²) in [5, 5.41) is 1.35. The van der Waals surface area contributed by atoms with Gasteiger partial charge in [0.2, 0.25) is 0 Å². The normalized spacial score (nSPS) is 20.4. The van der Waals surface area contributed by atoms with E-state index in [1.54, 1.807) is 0 Å². The highest BCUT2D eigenvalue weighted by atomic mass is 16.5. The minimum absolute atomic E-state index is 0.131. The van der Waals surface area contributed by atoms with E-state index in [1.807, 2.05) is 0 Å². The molecule has 3 nitrogen and oxygen atoms in total. The number of benzene rings is 4. The van der Waals surface area contributed by atoms with Crippen LogP contribution in [-0.4, -0.2) is 10.1 Å². The molecule has 0 N–H and O–H groups in total. The van der Waals surface area contributed by atoms with Crippen LogP contribution in [0.4, 0.5) is 11.4 Å². The maximum atomic E-state index is 6.30. The molecule has 0 radical (unpaired) electrons. The number of rotatable bonds is 4. The first kappa shape index (κ1) is 23.2. The Morgan fingerprint density at radius 3 is 2.33 bits per heavy atom. The molecule has 0 bridgehead atoms. The molecule has 2 aliphatic carbocycles. The summed E-state index contributed by atoms with van der Waals surface area (Å²) >= 11 is 0. The fraction of sp³-hybridized carbons (Fsp3) is 0.135. The van der Waals surface area contributed by atoms with E-state index in [4.69, 9.17) is 4.74 Å². The minimum Gasteiger partial charge on any atom is -0.457 e. The predicted molar refractivity (Wildman–Crippen MR) is 165 cm³/mol. The van der Waals surface area contributed by atoms with Gasteiger partial charge in [-0.05, 0) is 97.6 Å². The molecule has 2 unspecified atom stereocenters. The second-order valence-electron chi connectivity index (χ2n) is 11.1. The fourth-order valence-corrected chi connectivity index (χ4v) is 6.91. The number of fused-ring (bicyclic) bond motifs is 6. The van der Waals surface area contributed by atoms with Crippen LogP contribution in [0.2, 0.25) is 0 Å². The van der Waals surface area contributed by atoms with Crippen molar-refractivity contribution in [2.24, 2.45) is 0 Å². The number of aromatic nitrogens is 1. The topological polar surface area (TPSA) is 17.4 Å². The Morgan fingerprint density at radius 2 is 1.50 bits per heavy atom. The highest BCUT2D eigenvalue weighted by molar-refractivity contribution is 5.90. The molecular formula is C37H30N2O. The van der Waals surface area contributed by atoms with Crippen molar-refractivity contribution in [3.8, 4) is 17.2 Å². The fourth-order valence-electron chi connectivity index (χ4n) is 6.91. The van der Waals surface area contributed by atoms with Gasteiger partial charge in [-0.25, -0.2) is 0 Å². The molecule has 2 atom stereocenters. The Morgan fingerprint density at radius 1 is 0.775 bits per heavy atom. The van der Waals surface area contributed by atoms with Crippen molar-refractivity contribution >= 4 is 28.4 Å². The maximum Gasteiger partial charge on any atom is 0.127 e. The van der Waals surface area contributed by atoms with Crippen molar-refractivity contribution in [3.63, 3.8) is 0 Å². The summed E-state index contributed by atoms with van der Waals surface area (Å²) in [6, 6.07) is 34.4. The number of hydrogen-bond donors (Lipinski definition) is 0. The number of ether oxygens (including phenoxy) is 1. The molecule has 1 aromatic heterocycles. The van der Waals surface area contributed by atoms with Crippen LogP contribution >= 0.6 is 0 Å². The lowest BCUT2D eigenvalue weighted by Gasteiger charge is -2.39. The van der Waals surface area contributed by atoms with E-state index in [9.17, 15) is 0 Å². The Bertz CT molecular complexity index is 1840. The average molecular weight is 519 g/mol. The van der Waals surface area contributed by atoms with Crippen LogP contribution in [0.25, 0.3) is 22.7 Å². The molecule has 1 aliphatic heterocycles. The second kappa shape index (κ2) is 8.89. The second-order valence-corrected chi connectivity index (χ2v) is 11.1. The first-order valence-corrected chi connectivity index (χ1v) is 14.1. The molecule has 0 fully saturated rings. The largest absolute Gasteiger partial charge is 0.457 e. The van der Waals surface area contributed by atoms with Crippen LogP contribution in [0.15, 0.2) is 127 Å². The lowest BCUT2D eigenvalue weighted by atomic mass is 9.80. The third-order valence-electron chi connectivity index (χ3n) is 8.75.